The van der Waals surface area contributed by atoms with Crippen molar-refractivity contribution in [2.24, 2.45) is 7.05 Å². The number of aliphatic hydroxyl groups is 1. The van der Waals surface area contributed by atoms with Gasteiger partial charge >= 0.3 is 0 Å². The lowest BCUT2D eigenvalue weighted by molar-refractivity contribution is 0.0913. The quantitative estimate of drug-likeness (QED) is 0.742. The molecular formula is C10H17N3O2. The Morgan fingerprint density at radius 1 is 1.73 bits per heavy atom. The van der Waals surface area contributed by atoms with Crippen molar-refractivity contribution in [3.05, 3.63) is 17.5 Å². The van der Waals surface area contributed by atoms with Gasteiger partial charge in [-0.3, -0.25) is 9.48 Å². The summed E-state index contributed by atoms with van der Waals surface area (Å²) in [6, 6.07) is 1.52. The van der Waals surface area contributed by atoms with Crippen LogP contribution in [-0.4, -0.2) is 33.4 Å². The minimum absolute atomic E-state index is 0.0653. The number of carbonyl (C=O) groups excluding carboxylic acids is 1. The Balaban J connectivity index is 2.77. The predicted octanol–water partition coefficient (Wildman–Crippen LogP) is 0.0931. The van der Waals surface area contributed by atoms with E-state index in [1.165, 1.54) is 0 Å². The maximum Gasteiger partial charge on any atom is 0.269 e. The van der Waals surface area contributed by atoms with Gasteiger partial charge in [-0.05, 0) is 19.4 Å². The highest BCUT2D eigenvalue weighted by atomic mass is 16.3. The molecule has 1 aromatic heterocycles. The molecule has 1 unspecified atom stereocenters. The normalized spacial score (nSPS) is 12.5. The van der Waals surface area contributed by atoms with E-state index in [2.05, 4.69) is 10.4 Å². The van der Waals surface area contributed by atoms with Gasteiger partial charge in [0.1, 0.15) is 5.69 Å². The van der Waals surface area contributed by atoms with Gasteiger partial charge in [0.2, 0.25) is 0 Å². The van der Waals surface area contributed by atoms with E-state index in [0.717, 1.165) is 12.1 Å². The lowest BCUT2D eigenvalue weighted by atomic mass is 10.3. The molecule has 0 fully saturated rings. The molecule has 5 heteroatoms. The third-order valence-electron chi connectivity index (χ3n) is 2.18. The van der Waals surface area contributed by atoms with Crippen molar-refractivity contribution in [2.45, 2.75) is 26.3 Å². The first kappa shape index (κ1) is 11.7. The lowest BCUT2D eigenvalue weighted by Crippen LogP contribution is -2.36. The summed E-state index contributed by atoms with van der Waals surface area (Å²) in [6.45, 7) is 3.67. The molecule has 0 aliphatic heterocycles. The van der Waals surface area contributed by atoms with Crippen molar-refractivity contribution in [1.82, 2.24) is 15.1 Å². The topological polar surface area (TPSA) is 67.2 Å². The molecule has 84 valence electrons. The number of nitrogens with zero attached hydrogens (tertiary/aromatic N) is 2. The molecule has 15 heavy (non-hydrogen) atoms. The summed E-state index contributed by atoms with van der Waals surface area (Å²) >= 11 is 0. The van der Waals surface area contributed by atoms with Crippen molar-refractivity contribution in [3.63, 3.8) is 0 Å². The van der Waals surface area contributed by atoms with Crippen LogP contribution in [-0.2, 0) is 13.5 Å². The lowest BCUT2D eigenvalue weighted by Gasteiger charge is -2.10. The second-order valence-electron chi connectivity index (χ2n) is 3.56. The van der Waals surface area contributed by atoms with Crippen molar-refractivity contribution in [3.8, 4) is 0 Å². The number of carbonyl (C=O) groups is 1. The average molecular weight is 211 g/mol. The zero-order valence-corrected chi connectivity index (χ0v) is 9.32. The van der Waals surface area contributed by atoms with Crippen LogP contribution < -0.4 is 5.32 Å². The number of aryl methyl sites for hydroxylation is 2. The maximum absolute atomic E-state index is 11.7. The fourth-order valence-corrected chi connectivity index (χ4v) is 1.26. The van der Waals surface area contributed by atoms with Gasteiger partial charge in [-0.2, -0.15) is 5.10 Å². The summed E-state index contributed by atoms with van der Waals surface area (Å²) in [4.78, 5) is 11.7. The van der Waals surface area contributed by atoms with Crippen molar-refractivity contribution in [2.75, 3.05) is 6.61 Å². The zero-order valence-electron chi connectivity index (χ0n) is 9.32. The van der Waals surface area contributed by atoms with E-state index >= 15 is 0 Å². The minimum atomic E-state index is -0.238. The number of nitrogens with one attached hydrogen (secondary N) is 1. The Labute approximate surface area is 89.1 Å². The molecule has 2 N–H and O–H groups in total. The van der Waals surface area contributed by atoms with E-state index in [0.29, 0.717) is 5.69 Å². The van der Waals surface area contributed by atoms with Crippen LogP contribution >= 0.6 is 0 Å². The van der Waals surface area contributed by atoms with Gasteiger partial charge in [0, 0.05) is 13.1 Å². The average Bonchev–Trinajstić information content (AvgIpc) is 2.59. The third kappa shape index (κ3) is 2.79. The van der Waals surface area contributed by atoms with Gasteiger partial charge in [0.25, 0.3) is 5.91 Å². The summed E-state index contributed by atoms with van der Waals surface area (Å²) in [6.07, 6.45) is 0.802. The Morgan fingerprint density at radius 2 is 2.40 bits per heavy atom. The van der Waals surface area contributed by atoms with Gasteiger partial charge in [0.15, 0.2) is 0 Å². The van der Waals surface area contributed by atoms with E-state index < -0.39 is 0 Å². The smallest absolute Gasteiger partial charge is 0.269 e. The van der Waals surface area contributed by atoms with Crippen LogP contribution in [0.25, 0.3) is 0 Å². The van der Waals surface area contributed by atoms with E-state index in [9.17, 15) is 4.79 Å². The molecule has 1 amide bonds. The first-order chi connectivity index (χ1) is 7.08. The van der Waals surface area contributed by atoms with Crippen LogP contribution in [0.2, 0.25) is 0 Å². The molecular weight excluding hydrogens is 194 g/mol. The molecule has 0 radical (unpaired) electrons. The standard InChI is InChI=1S/C10H17N3O2/c1-4-8-5-9(13(3)12-8)10(15)11-7(2)6-14/h5,7,14H,4,6H2,1-3H3,(H,11,15). The summed E-state index contributed by atoms with van der Waals surface area (Å²) < 4.78 is 1.55. The predicted molar refractivity (Wildman–Crippen MR) is 56.6 cm³/mol. The highest BCUT2D eigenvalue weighted by Crippen LogP contribution is 2.03. The second kappa shape index (κ2) is 4.93. The van der Waals surface area contributed by atoms with Gasteiger partial charge in [-0.15, -0.1) is 0 Å². The summed E-state index contributed by atoms with van der Waals surface area (Å²) in [7, 11) is 1.73. The van der Waals surface area contributed by atoms with Gasteiger partial charge in [0.05, 0.1) is 12.3 Å². The van der Waals surface area contributed by atoms with Gasteiger partial charge < -0.3 is 10.4 Å². The summed E-state index contributed by atoms with van der Waals surface area (Å²) in [5.74, 6) is -0.203. The van der Waals surface area contributed by atoms with Crippen LogP contribution in [0.15, 0.2) is 6.07 Å². The first-order valence-corrected chi connectivity index (χ1v) is 5.03. The van der Waals surface area contributed by atoms with E-state index in [4.69, 9.17) is 5.11 Å². The Morgan fingerprint density at radius 3 is 2.87 bits per heavy atom. The fourth-order valence-electron chi connectivity index (χ4n) is 1.26. The molecule has 1 atom stereocenters. The van der Waals surface area contributed by atoms with E-state index in [1.807, 2.05) is 6.92 Å². The fraction of sp³-hybridized carbons (Fsp3) is 0.600. The minimum Gasteiger partial charge on any atom is -0.394 e. The van der Waals surface area contributed by atoms with Crippen LogP contribution in [0.4, 0.5) is 0 Å². The van der Waals surface area contributed by atoms with E-state index in [-0.39, 0.29) is 18.6 Å². The van der Waals surface area contributed by atoms with Crippen molar-refractivity contribution >= 4 is 5.91 Å². The number of amides is 1. The Bertz CT molecular complexity index is 346. The third-order valence-corrected chi connectivity index (χ3v) is 2.18. The molecule has 1 rings (SSSR count). The molecule has 1 heterocycles. The molecule has 0 aliphatic rings. The summed E-state index contributed by atoms with van der Waals surface area (Å²) in [5.41, 5.74) is 1.41. The molecule has 0 bridgehead atoms. The van der Waals surface area contributed by atoms with E-state index in [1.54, 1.807) is 24.7 Å². The van der Waals surface area contributed by atoms with Gasteiger partial charge in [-0.25, -0.2) is 0 Å². The second-order valence-corrected chi connectivity index (χ2v) is 3.56. The molecule has 0 spiro atoms. The number of hydrogen-bond donors (Lipinski definition) is 2. The highest BCUT2D eigenvalue weighted by Gasteiger charge is 2.14. The zero-order chi connectivity index (χ0) is 11.4. The van der Waals surface area contributed by atoms with Crippen LogP contribution in [0.3, 0.4) is 0 Å². The molecule has 0 saturated carbocycles. The van der Waals surface area contributed by atoms with Gasteiger partial charge in [-0.1, -0.05) is 6.92 Å². The molecule has 1 aromatic rings. The number of aliphatic hydroxyl groups excluding tert-OH is 1. The number of hydrogen-bond acceptors (Lipinski definition) is 3. The largest absolute Gasteiger partial charge is 0.394 e. The Hall–Kier alpha value is -1.36. The van der Waals surface area contributed by atoms with Crippen molar-refractivity contribution < 1.29 is 9.90 Å². The number of aromatic nitrogens is 2. The molecule has 0 aromatic carbocycles. The Kier molecular flexibility index (Phi) is 3.85. The SMILES string of the molecule is CCc1cc(C(=O)NC(C)CO)n(C)n1. The molecule has 0 aliphatic carbocycles. The first-order valence-electron chi connectivity index (χ1n) is 5.03. The molecule has 5 nitrogen and oxygen atoms in total. The van der Waals surface area contributed by atoms with Crippen LogP contribution in [0.1, 0.15) is 30.0 Å². The highest BCUT2D eigenvalue weighted by molar-refractivity contribution is 5.92. The van der Waals surface area contributed by atoms with Crippen LogP contribution in [0, 0.1) is 0 Å². The molecule has 0 saturated heterocycles. The van der Waals surface area contributed by atoms with Crippen LogP contribution in [0.5, 0.6) is 0 Å². The number of rotatable bonds is 4. The summed E-state index contributed by atoms with van der Waals surface area (Å²) in [5, 5.41) is 15.7. The van der Waals surface area contributed by atoms with Crippen molar-refractivity contribution in [1.29, 1.82) is 0 Å². The maximum atomic E-state index is 11.7. The monoisotopic (exact) mass is 211 g/mol.